The van der Waals surface area contributed by atoms with E-state index in [9.17, 15) is 14.7 Å². The summed E-state index contributed by atoms with van der Waals surface area (Å²) in [6.07, 6.45) is 3.82. The first-order valence-electron chi connectivity index (χ1n) is 9.43. The number of fused-ring (bicyclic) bond motifs is 2. The Bertz CT molecular complexity index is 1070. The molecule has 6 heteroatoms. The fourth-order valence-corrected chi connectivity index (χ4v) is 4.93. The van der Waals surface area contributed by atoms with Crippen LogP contribution in [0.15, 0.2) is 36.4 Å². The zero-order valence-corrected chi connectivity index (χ0v) is 16.4. The summed E-state index contributed by atoms with van der Waals surface area (Å²) in [4.78, 5) is 26.6. The summed E-state index contributed by atoms with van der Waals surface area (Å²) in [6.45, 7) is 2.05. The molecule has 5 nitrogen and oxygen atoms in total. The van der Waals surface area contributed by atoms with Crippen LogP contribution in [-0.4, -0.2) is 23.6 Å². The van der Waals surface area contributed by atoms with Crippen LogP contribution in [0.25, 0.3) is 10.8 Å². The molecule has 0 spiro atoms. The molecule has 1 aliphatic rings. The summed E-state index contributed by atoms with van der Waals surface area (Å²) < 4.78 is 5.23. The quantitative estimate of drug-likeness (QED) is 0.615. The number of hydrogen-bond acceptors (Lipinski definition) is 5. The van der Waals surface area contributed by atoms with Gasteiger partial charge in [-0.2, -0.15) is 0 Å². The highest BCUT2D eigenvalue weighted by atomic mass is 32.1. The average molecular weight is 395 g/mol. The van der Waals surface area contributed by atoms with Gasteiger partial charge in [0.2, 0.25) is 0 Å². The largest absolute Gasteiger partial charge is 0.507 e. The van der Waals surface area contributed by atoms with E-state index in [0.717, 1.165) is 46.9 Å². The van der Waals surface area contributed by atoms with Crippen LogP contribution in [-0.2, 0) is 17.6 Å². The van der Waals surface area contributed by atoms with Gasteiger partial charge in [0, 0.05) is 4.88 Å². The maximum atomic E-state index is 12.9. The summed E-state index contributed by atoms with van der Waals surface area (Å²) in [5.41, 5.74) is 1.64. The smallest absolute Gasteiger partial charge is 0.341 e. The molecule has 144 valence electrons. The Balaban J connectivity index is 1.71. The first-order chi connectivity index (χ1) is 13.6. The Hall–Kier alpha value is -2.86. The van der Waals surface area contributed by atoms with Crippen molar-refractivity contribution in [2.75, 3.05) is 11.9 Å². The summed E-state index contributed by atoms with van der Waals surface area (Å²) in [5, 5.41) is 15.4. The molecule has 1 amide bonds. The third kappa shape index (κ3) is 3.36. The molecule has 0 bridgehead atoms. The summed E-state index contributed by atoms with van der Waals surface area (Å²) in [5.74, 6) is -0.928. The molecule has 0 saturated carbocycles. The molecule has 2 N–H and O–H groups in total. The fourth-order valence-electron chi connectivity index (χ4n) is 3.65. The summed E-state index contributed by atoms with van der Waals surface area (Å²) in [7, 11) is 0. The van der Waals surface area contributed by atoms with E-state index in [4.69, 9.17) is 4.74 Å². The Morgan fingerprint density at radius 1 is 1.14 bits per heavy atom. The van der Waals surface area contributed by atoms with Crippen molar-refractivity contribution in [1.82, 2.24) is 0 Å². The summed E-state index contributed by atoms with van der Waals surface area (Å²) in [6, 6.07) is 10.8. The minimum atomic E-state index is -0.438. The lowest BCUT2D eigenvalue weighted by Gasteiger charge is -2.12. The molecule has 2 aromatic carbocycles. The molecular formula is C22H21NO4S. The van der Waals surface area contributed by atoms with Gasteiger partial charge in [0.25, 0.3) is 5.91 Å². The van der Waals surface area contributed by atoms with Gasteiger partial charge in [0.1, 0.15) is 10.8 Å². The van der Waals surface area contributed by atoms with Crippen molar-refractivity contribution in [3.05, 3.63) is 58.0 Å². The third-order valence-electron chi connectivity index (χ3n) is 4.99. The van der Waals surface area contributed by atoms with Crippen LogP contribution in [0, 0.1) is 0 Å². The highest BCUT2D eigenvalue weighted by molar-refractivity contribution is 7.17. The molecule has 0 atom stereocenters. The maximum Gasteiger partial charge on any atom is 0.341 e. The number of aryl methyl sites for hydroxylation is 1. The monoisotopic (exact) mass is 395 g/mol. The predicted molar refractivity (Wildman–Crippen MR) is 110 cm³/mol. The van der Waals surface area contributed by atoms with Crippen LogP contribution in [0.1, 0.15) is 50.9 Å². The normalized spacial score (nSPS) is 13.2. The molecule has 0 aliphatic heterocycles. The Kier molecular flexibility index (Phi) is 5.05. The van der Waals surface area contributed by atoms with Crippen molar-refractivity contribution in [2.24, 2.45) is 0 Å². The predicted octanol–water partition coefficient (Wildman–Crippen LogP) is 4.91. The molecule has 1 heterocycles. The molecule has 1 aliphatic carbocycles. The highest BCUT2D eigenvalue weighted by Crippen LogP contribution is 2.39. The van der Waals surface area contributed by atoms with E-state index in [2.05, 4.69) is 5.32 Å². The first kappa shape index (κ1) is 18.5. The van der Waals surface area contributed by atoms with Crippen LogP contribution < -0.4 is 5.32 Å². The van der Waals surface area contributed by atoms with Crippen LogP contribution in [0.2, 0.25) is 0 Å². The minimum Gasteiger partial charge on any atom is -0.507 e. The van der Waals surface area contributed by atoms with Gasteiger partial charge in [0.15, 0.2) is 0 Å². The van der Waals surface area contributed by atoms with Crippen molar-refractivity contribution in [2.45, 2.75) is 32.6 Å². The van der Waals surface area contributed by atoms with Crippen LogP contribution in [0.4, 0.5) is 5.00 Å². The van der Waals surface area contributed by atoms with Gasteiger partial charge < -0.3 is 15.2 Å². The SMILES string of the molecule is CCOC(=O)c1c(NC(=O)c2cc3ccccc3cc2O)sc2c1CCCC2. The van der Waals surface area contributed by atoms with Crippen LogP contribution in [0.5, 0.6) is 5.75 Å². The molecule has 0 fully saturated rings. The second-order valence-electron chi connectivity index (χ2n) is 6.81. The van der Waals surface area contributed by atoms with Gasteiger partial charge in [0.05, 0.1) is 17.7 Å². The van der Waals surface area contributed by atoms with Gasteiger partial charge in [-0.25, -0.2) is 4.79 Å². The minimum absolute atomic E-state index is 0.0878. The first-order valence-corrected chi connectivity index (χ1v) is 10.2. The zero-order valence-electron chi connectivity index (χ0n) is 15.6. The molecule has 3 aromatic rings. The van der Waals surface area contributed by atoms with Gasteiger partial charge in [-0.1, -0.05) is 24.3 Å². The van der Waals surface area contributed by atoms with Crippen molar-refractivity contribution in [1.29, 1.82) is 0 Å². The van der Waals surface area contributed by atoms with Crippen molar-refractivity contribution in [3.63, 3.8) is 0 Å². The number of hydrogen-bond donors (Lipinski definition) is 2. The number of nitrogens with one attached hydrogen (secondary N) is 1. The lowest BCUT2D eigenvalue weighted by molar-refractivity contribution is 0.0526. The molecule has 0 radical (unpaired) electrons. The molecule has 0 unspecified atom stereocenters. The van der Waals surface area contributed by atoms with E-state index in [1.165, 1.54) is 11.3 Å². The topological polar surface area (TPSA) is 75.6 Å². The molecular weight excluding hydrogens is 374 g/mol. The van der Waals surface area contributed by atoms with E-state index in [1.807, 2.05) is 24.3 Å². The standard InChI is InChI=1S/C22H21NO4S/c1-2-27-22(26)19-15-9-5-6-10-18(15)28-21(19)23-20(25)16-11-13-7-3-4-8-14(13)12-17(16)24/h3-4,7-8,11-12,24H,2,5-6,9-10H2,1H3,(H,23,25). The molecule has 4 rings (SSSR count). The number of carbonyl (C=O) groups excluding carboxylic acids is 2. The summed E-state index contributed by atoms with van der Waals surface area (Å²) >= 11 is 1.43. The lowest BCUT2D eigenvalue weighted by atomic mass is 9.95. The van der Waals surface area contributed by atoms with Crippen LogP contribution >= 0.6 is 11.3 Å². The van der Waals surface area contributed by atoms with Gasteiger partial charge in [-0.15, -0.1) is 11.3 Å². The second-order valence-corrected chi connectivity index (χ2v) is 7.91. The van der Waals surface area contributed by atoms with Crippen LogP contribution in [0.3, 0.4) is 0 Å². The van der Waals surface area contributed by atoms with Gasteiger partial charge in [-0.05, 0) is 61.1 Å². The van der Waals surface area contributed by atoms with Crippen molar-refractivity contribution >= 4 is 39.0 Å². The Labute approximate surface area is 167 Å². The highest BCUT2D eigenvalue weighted by Gasteiger charge is 2.27. The number of aromatic hydroxyl groups is 1. The Morgan fingerprint density at radius 3 is 2.61 bits per heavy atom. The van der Waals surface area contributed by atoms with Gasteiger partial charge in [-0.3, -0.25) is 4.79 Å². The number of benzene rings is 2. The number of esters is 1. The van der Waals surface area contributed by atoms with Gasteiger partial charge >= 0.3 is 5.97 Å². The van der Waals surface area contributed by atoms with E-state index in [-0.39, 0.29) is 17.9 Å². The number of phenols is 1. The average Bonchev–Trinajstić information content (AvgIpc) is 3.05. The van der Waals surface area contributed by atoms with Crippen molar-refractivity contribution < 1.29 is 19.4 Å². The fraction of sp³-hybridized carbons (Fsp3) is 0.273. The van der Waals surface area contributed by atoms with E-state index < -0.39 is 11.9 Å². The molecule has 0 saturated heterocycles. The molecule has 28 heavy (non-hydrogen) atoms. The van der Waals surface area contributed by atoms with E-state index in [1.54, 1.807) is 19.1 Å². The zero-order chi connectivity index (χ0) is 19.7. The number of rotatable bonds is 4. The molecule has 1 aromatic heterocycles. The second kappa shape index (κ2) is 7.64. The number of ether oxygens (including phenoxy) is 1. The number of phenolic OH excluding ortho intramolecular Hbond substituents is 1. The number of amides is 1. The van der Waals surface area contributed by atoms with E-state index >= 15 is 0 Å². The number of thiophene rings is 1. The van der Waals surface area contributed by atoms with Crippen molar-refractivity contribution in [3.8, 4) is 5.75 Å². The lowest BCUT2D eigenvalue weighted by Crippen LogP contribution is -2.16. The van der Waals surface area contributed by atoms with E-state index in [0.29, 0.717) is 10.6 Å². The number of carbonyl (C=O) groups is 2. The Morgan fingerprint density at radius 2 is 1.86 bits per heavy atom. The third-order valence-corrected chi connectivity index (χ3v) is 6.19. The maximum absolute atomic E-state index is 12.9. The number of anilines is 1.